The van der Waals surface area contributed by atoms with Gasteiger partial charge in [0.05, 0.1) is 0 Å². The van der Waals surface area contributed by atoms with Crippen molar-refractivity contribution in [2.24, 2.45) is 0 Å². The first-order valence-corrected chi connectivity index (χ1v) is 8.83. The molecule has 0 N–H and O–H groups in total. The fourth-order valence-electron chi connectivity index (χ4n) is 0.680. The Labute approximate surface area is 132 Å². The van der Waals surface area contributed by atoms with Gasteiger partial charge in [0.1, 0.15) is 0 Å². The molecule has 0 saturated heterocycles. The van der Waals surface area contributed by atoms with Gasteiger partial charge in [0.2, 0.25) is 0 Å². The van der Waals surface area contributed by atoms with Crippen molar-refractivity contribution in [1.29, 1.82) is 0 Å². The van der Waals surface area contributed by atoms with Crippen LogP contribution in [-0.4, -0.2) is 31.1 Å². The van der Waals surface area contributed by atoms with E-state index in [0.717, 1.165) is 29.5 Å². The van der Waals surface area contributed by atoms with Gasteiger partial charge in [0.25, 0.3) is 0 Å². The summed E-state index contributed by atoms with van der Waals surface area (Å²) in [6.07, 6.45) is 20.0. The summed E-state index contributed by atoms with van der Waals surface area (Å²) in [5, 5.41) is 0. The third-order valence-corrected chi connectivity index (χ3v) is 5.41. The molecule has 0 bridgehead atoms. The van der Waals surface area contributed by atoms with E-state index in [1.54, 1.807) is 0 Å². The van der Waals surface area contributed by atoms with Gasteiger partial charge in [0.15, 0.2) is 0 Å². The summed E-state index contributed by atoms with van der Waals surface area (Å²) in [6.45, 7) is 0. The first-order valence-electron chi connectivity index (χ1n) is 5.23. The molecule has 0 unspecified atom stereocenters. The van der Waals surface area contributed by atoms with Crippen molar-refractivity contribution in [3.63, 3.8) is 0 Å². The van der Waals surface area contributed by atoms with Crippen LogP contribution in [-0.2, 0) is 29.0 Å². The van der Waals surface area contributed by atoms with Crippen molar-refractivity contribution in [2.45, 2.75) is 24.4 Å². The molecule has 2 aliphatic carbocycles. The van der Waals surface area contributed by atoms with Crippen LogP contribution < -0.4 is 0 Å². The molecule has 0 amide bonds. The zero-order chi connectivity index (χ0) is 11.4. The molecule has 0 saturated carbocycles. The summed E-state index contributed by atoms with van der Waals surface area (Å²) in [4.78, 5) is 0. The Morgan fingerprint density at radius 3 is 1.50 bits per heavy atom. The maximum atomic E-state index is 5.03. The number of hydrogen-bond donors (Lipinski definition) is 0. The normalized spacial score (nSPS) is 13.4. The summed E-state index contributed by atoms with van der Waals surface area (Å²) in [7, 11) is 0. The van der Waals surface area contributed by atoms with Crippen molar-refractivity contribution in [3.8, 4) is 0 Å². The molecule has 4 heteroatoms. The average molecular weight is 323 g/mol. The van der Waals surface area contributed by atoms with Gasteiger partial charge in [-0.15, -0.1) is 12.8 Å². The van der Waals surface area contributed by atoms with E-state index in [1.165, 1.54) is 0 Å². The molecule has 0 aliphatic heterocycles. The van der Waals surface area contributed by atoms with Crippen molar-refractivity contribution >= 4 is 31.1 Å². The Morgan fingerprint density at radius 1 is 1.06 bits per heavy atom. The number of hydrogen-bond acceptors (Lipinski definition) is 1. The summed E-state index contributed by atoms with van der Waals surface area (Å²) < 4.78 is 5.03. The zero-order valence-electron chi connectivity index (χ0n) is 10.4. The summed E-state index contributed by atoms with van der Waals surface area (Å²) in [5.74, 6) is 4.35. The van der Waals surface area contributed by atoms with Crippen LogP contribution in [0.1, 0.15) is 12.8 Å². The first-order chi connectivity index (χ1) is 7.27. The third-order valence-electron chi connectivity index (χ3n) is 1.64. The van der Waals surface area contributed by atoms with Gasteiger partial charge in [-0.05, 0) is 0 Å². The van der Waals surface area contributed by atoms with E-state index in [4.69, 9.17) is 2.84 Å². The standard InChI is InChI=1S/2C5H5.2CH3.2Al.O.Zr.2H/c2*1-2-4-5-3-1;;;;;;;;/h2*1-3H,4H2;2*1H3;;;;;;/q2*-1;;;;;;+2;;. The molecule has 0 radical (unpaired) electrons. The molecule has 0 atom stereocenters. The Balaban J connectivity index is 0. The molecule has 0 spiro atoms. The molecule has 0 fully saturated rings. The second-order valence-electron chi connectivity index (χ2n) is 3.29. The summed E-state index contributed by atoms with van der Waals surface area (Å²) in [6, 6.07) is 0. The summed E-state index contributed by atoms with van der Waals surface area (Å²) in [5.41, 5.74) is 0. The first kappa shape index (κ1) is 19.2. The Bertz CT molecular complexity index is 203. The van der Waals surface area contributed by atoms with E-state index in [9.17, 15) is 0 Å². The molecule has 2 rings (SSSR count). The van der Waals surface area contributed by atoms with E-state index in [0.29, 0.717) is 0 Å². The van der Waals surface area contributed by atoms with E-state index in [1.807, 2.05) is 24.3 Å². The number of rotatable bonds is 1. The maximum Gasteiger partial charge on any atom is 2.00 e. The molecule has 2 aliphatic rings. The molecule has 82 valence electrons. The Morgan fingerprint density at radius 2 is 1.44 bits per heavy atom. The van der Waals surface area contributed by atoms with E-state index in [2.05, 4.69) is 35.9 Å². The zero-order valence-corrected chi connectivity index (χ0v) is 16.0. The van der Waals surface area contributed by atoms with E-state index in [-0.39, 0.29) is 26.2 Å². The predicted molar refractivity (Wildman–Crippen MR) is 70.3 cm³/mol. The minimum absolute atomic E-state index is 0. The van der Waals surface area contributed by atoms with Crippen LogP contribution in [0.15, 0.2) is 36.5 Å². The molecule has 16 heavy (non-hydrogen) atoms. The monoisotopic (exact) mass is 322 g/mol. The van der Waals surface area contributed by atoms with Crippen molar-refractivity contribution in [3.05, 3.63) is 48.6 Å². The second-order valence-corrected chi connectivity index (χ2v) is 7.27. The Kier molecular flexibility index (Phi) is 19.1. The van der Waals surface area contributed by atoms with Crippen molar-refractivity contribution in [1.82, 2.24) is 0 Å². The fourth-order valence-corrected chi connectivity index (χ4v) is 0.680. The molecule has 0 aromatic carbocycles. The molecule has 0 aromatic rings. The van der Waals surface area contributed by atoms with Gasteiger partial charge in [-0.25, -0.2) is 24.3 Å². The SMILES string of the molecule is [C-]1=CC=CC1.[C-]1=CC=CC1.[CH3][Al]([CH3])[O][AlH2].[Zr+2]. The van der Waals surface area contributed by atoms with Crippen LogP contribution >= 0.6 is 0 Å². The number of allylic oxidation sites excluding steroid dienone is 8. The third kappa shape index (κ3) is 17.3. The Hall–Kier alpha value is 0.868. The van der Waals surface area contributed by atoms with Crippen LogP contribution in [0.2, 0.25) is 11.6 Å². The molecular formula is C12H18Al2OZr. The molecule has 0 heterocycles. The van der Waals surface area contributed by atoms with Gasteiger partial charge in [0, 0.05) is 0 Å². The van der Waals surface area contributed by atoms with Gasteiger partial charge in [-0.2, -0.15) is 12.2 Å². The largest absolute Gasteiger partial charge is 2.00 e. The fraction of sp³-hybridized carbons (Fsp3) is 0.333. The van der Waals surface area contributed by atoms with Crippen LogP contribution in [0.3, 0.4) is 0 Å². The van der Waals surface area contributed by atoms with Gasteiger partial charge >= 0.3 is 57.3 Å². The van der Waals surface area contributed by atoms with Crippen LogP contribution in [0.4, 0.5) is 0 Å². The van der Waals surface area contributed by atoms with Crippen molar-refractivity contribution in [2.75, 3.05) is 0 Å². The maximum absolute atomic E-state index is 5.03. The second kappa shape index (κ2) is 15.9. The van der Waals surface area contributed by atoms with Crippen LogP contribution in [0.25, 0.3) is 0 Å². The van der Waals surface area contributed by atoms with E-state index >= 15 is 0 Å². The van der Waals surface area contributed by atoms with Gasteiger partial charge in [-0.1, -0.05) is 11.6 Å². The minimum atomic E-state index is -0.588. The summed E-state index contributed by atoms with van der Waals surface area (Å²) >= 11 is 0.347. The van der Waals surface area contributed by atoms with Gasteiger partial charge in [-0.3, -0.25) is 12.2 Å². The quantitative estimate of drug-likeness (QED) is 0.532. The topological polar surface area (TPSA) is 9.23 Å². The molecule has 1 nitrogen and oxygen atoms in total. The average Bonchev–Trinajstić information content (AvgIpc) is 2.96. The van der Waals surface area contributed by atoms with Gasteiger partial charge < -0.3 is 2.84 Å². The van der Waals surface area contributed by atoms with Crippen LogP contribution in [0.5, 0.6) is 0 Å². The smallest absolute Gasteiger partial charge is 0.642 e. The molecular weight excluding hydrogens is 305 g/mol. The van der Waals surface area contributed by atoms with Crippen molar-refractivity contribution < 1.29 is 29.0 Å². The van der Waals surface area contributed by atoms with Crippen LogP contribution in [0, 0.1) is 12.2 Å². The van der Waals surface area contributed by atoms with E-state index < -0.39 is 14.5 Å². The predicted octanol–water partition coefficient (Wildman–Crippen LogP) is 2.41. The molecule has 0 aromatic heterocycles. The minimum Gasteiger partial charge on any atom is -0.642 e.